The normalized spacial score (nSPS) is 11.8. The van der Waals surface area contributed by atoms with Crippen molar-refractivity contribution in [3.8, 4) is 16.9 Å². The number of hydrogen-bond donors (Lipinski definition) is 1. The number of pyridine rings is 1. The van der Waals surface area contributed by atoms with Crippen molar-refractivity contribution in [1.82, 2.24) is 9.97 Å². The van der Waals surface area contributed by atoms with Gasteiger partial charge in [-0.1, -0.05) is 12.1 Å². The van der Waals surface area contributed by atoms with E-state index in [0.29, 0.717) is 0 Å². The molecule has 1 aromatic carbocycles. The second-order valence-corrected chi connectivity index (χ2v) is 4.17. The molecule has 0 aliphatic heterocycles. The van der Waals surface area contributed by atoms with Crippen LogP contribution >= 0.6 is 0 Å². The van der Waals surface area contributed by atoms with E-state index in [1.54, 1.807) is 24.5 Å². The van der Waals surface area contributed by atoms with Gasteiger partial charge in [-0.2, -0.15) is 0 Å². The van der Waals surface area contributed by atoms with Gasteiger partial charge in [0.2, 0.25) is 0 Å². The molecule has 1 N–H and O–H groups in total. The first-order chi connectivity index (χ1) is 9.53. The third-order valence-electron chi connectivity index (χ3n) is 2.86. The fourth-order valence-electron chi connectivity index (χ4n) is 2.05. The zero-order valence-electron chi connectivity index (χ0n) is 10.1. The molecule has 0 radical (unpaired) electrons. The smallest absolute Gasteiger partial charge is 0.406 e. The van der Waals surface area contributed by atoms with Crippen LogP contribution in [0, 0.1) is 0 Å². The molecule has 0 saturated heterocycles. The molecule has 0 aliphatic rings. The van der Waals surface area contributed by atoms with E-state index in [-0.39, 0.29) is 5.75 Å². The van der Waals surface area contributed by atoms with Crippen molar-refractivity contribution in [2.75, 3.05) is 0 Å². The van der Waals surface area contributed by atoms with Gasteiger partial charge in [-0.3, -0.25) is 0 Å². The van der Waals surface area contributed by atoms with Gasteiger partial charge in [-0.05, 0) is 35.4 Å². The highest BCUT2D eigenvalue weighted by Gasteiger charge is 2.30. The number of H-pyrrole nitrogens is 1. The molecule has 0 unspecified atom stereocenters. The van der Waals surface area contributed by atoms with E-state index in [4.69, 9.17) is 0 Å². The number of hydrogen-bond acceptors (Lipinski definition) is 2. The summed E-state index contributed by atoms with van der Waals surface area (Å²) in [6.45, 7) is 0. The molecule has 3 nitrogen and oxygen atoms in total. The molecular formula is C14H9F3N2O. The predicted molar refractivity (Wildman–Crippen MR) is 68.2 cm³/mol. The molecule has 102 valence electrons. The zero-order chi connectivity index (χ0) is 14.2. The lowest BCUT2D eigenvalue weighted by Gasteiger charge is -2.09. The Bertz CT molecular complexity index is 732. The van der Waals surface area contributed by atoms with Crippen molar-refractivity contribution in [2.24, 2.45) is 0 Å². The molecule has 0 bridgehead atoms. The maximum absolute atomic E-state index is 12.1. The van der Waals surface area contributed by atoms with Crippen LogP contribution in [0.1, 0.15) is 0 Å². The maximum Gasteiger partial charge on any atom is 0.573 e. The first kappa shape index (κ1) is 12.5. The van der Waals surface area contributed by atoms with E-state index >= 15 is 0 Å². The Morgan fingerprint density at radius 1 is 1.00 bits per heavy atom. The van der Waals surface area contributed by atoms with Crippen LogP contribution in [0.3, 0.4) is 0 Å². The maximum atomic E-state index is 12.1. The molecule has 0 aliphatic carbocycles. The summed E-state index contributed by atoms with van der Waals surface area (Å²) in [6, 6.07) is 9.45. The summed E-state index contributed by atoms with van der Waals surface area (Å²) >= 11 is 0. The average Bonchev–Trinajstić information content (AvgIpc) is 2.86. The van der Waals surface area contributed by atoms with Crippen molar-refractivity contribution in [1.29, 1.82) is 0 Å². The second kappa shape index (κ2) is 4.56. The number of benzene rings is 1. The molecule has 2 aromatic heterocycles. The fraction of sp³-hybridized carbons (Fsp3) is 0.0714. The minimum Gasteiger partial charge on any atom is -0.406 e. The second-order valence-electron chi connectivity index (χ2n) is 4.17. The van der Waals surface area contributed by atoms with Crippen molar-refractivity contribution in [2.45, 2.75) is 6.36 Å². The Hall–Kier alpha value is -2.50. The number of aromatic nitrogens is 2. The highest BCUT2D eigenvalue weighted by molar-refractivity contribution is 5.92. The minimum absolute atomic E-state index is 0.236. The highest BCUT2D eigenvalue weighted by Crippen LogP contribution is 2.29. The SMILES string of the molecule is FC(F)(F)Oc1ccc(-c2ccnc3[nH]ccc23)cc1. The lowest BCUT2D eigenvalue weighted by molar-refractivity contribution is -0.274. The summed E-state index contributed by atoms with van der Waals surface area (Å²) in [7, 11) is 0. The summed E-state index contributed by atoms with van der Waals surface area (Å²) in [5.41, 5.74) is 2.43. The Kier molecular flexibility index (Phi) is 2.85. The summed E-state index contributed by atoms with van der Waals surface area (Å²) in [6.07, 6.45) is -1.26. The van der Waals surface area contributed by atoms with Gasteiger partial charge in [-0.25, -0.2) is 4.98 Å². The van der Waals surface area contributed by atoms with E-state index in [2.05, 4.69) is 14.7 Å². The monoisotopic (exact) mass is 278 g/mol. The molecule has 0 amide bonds. The number of aromatic amines is 1. The molecule has 3 aromatic rings. The van der Waals surface area contributed by atoms with Crippen LogP contribution in [0.2, 0.25) is 0 Å². The van der Waals surface area contributed by atoms with E-state index < -0.39 is 6.36 Å². The van der Waals surface area contributed by atoms with Gasteiger partial charge in [0.05, 0.1) is 0 Å². The molecule has 0 spiro atoms. The van der Waals surface area contributed by atoms with E-state index in [0.717, 1.165) is 22.2 Å². The van der Waals surface area contributed by atoms with Crippen LogP contribution in [-0.2, 0) is 0 Å². The molecule has 0 atom stereocenters. The number of fused-ring (bicyclic) bond motifs is 1. The predicted octanol–water partition coefficient (Wildman–Crippen LogP) is 4.13. The standard InChI is InChI=1S/C14H9F3N2O/c15-14(16,17)20-10-3-1-9(2-4-10)11-5-7-18-13-12(11)6-8-19-13/h1-8H,(H,18,19). The molecular weight excluding hydrogens is 269 g/mol. The molecule has 0 fully saturated rings. The van der Waals surface area contributed by atoms with Crippen LogP contribution in [0.5, 0.6) is 5.75 Å². The van der Waals surface area contributed by atoms with Crippen LogP contribution in [0.15, 0.2) is 48.8 Å². The molecule has 3 rings (SSSR count). The Morgan fingerprint density at radius 3 is 2.45 bits per heavy atom. The van der Waals surface area contributed by atoms with Gasteiger partial charge >= 0.3 is 6.36 Å². The average molecular weight is 278 g/mol. The highest BCUT2D eigenvalue weighted by atomic mass is 19.4. The number of halogens is 3. The van der Waals surface area contributed by atoms with E-state index in [9.17, 15) is 13.2 Å². The number of nitrogens with zero attached hydrogens (tertiary/aromatic N) is 1. The number of nitrogens with one attached hydrogen (secondary N) is 1. The molecule has 0 saturated carbocycles. The first-order valence-corrected chi connectivity index (χ1v) is 5.81. The van der Waals surface area contributed by atoms with Gasteiger partial charge in [0.1, 0.15) is 11.4 Å². The van der Waals surface area contributed by atoms with Gasteiger partial charge in [0, 0.05) is 17.8 Å². The molecule has 6 heteroatoms. The topological polar surface area (TPSA) is 37.9 Å². The van der Waals surface area contributed by atoms with Crippen molar-refractivity contribution in [3.63, 3.8) is 0 Å². The van der Waals surface area contributed by atoms with E-state index in [1.807, 2.05) is 12.1 Å². The Morgan fingerprint density at radius 2 is 1.75 bits per heavy atom. The third kappa shape index (κ3) is 2.45. The lowest BCUT2D eigenvalue weighted by Crippen LogP contribution is -2.16. The van der Waals surface area contributed by atoms with Crippen LogP contribution in [-0.4, -0.2) is 16.3 Å². The summed E-state index contributed by atoms with van der Waals surface area (Å²) in [5.74, 6) is -0.236. The Labute approximate surface area is 112 Å². The van der Waals surface area contributed by atoms with Crippen molar-refractivity contribution >= 4 is 11.0 Å². The van der Waals surface area contributed by atoms with Crippen molar-refractivity contribution in [3.05, 3.63) is 48.8 Å². The summed E-state index contributed by atoms with van der Waals surface area (Å²) in [4.78, 5) is 7.15. The zero-order valence-corrected chi connectivity index (χ0v) is 10.1. The summed E-state index contributed by atoms with van der Waals surface area (Å²) in [5, 5.41) is 0.914. The number of alkyl halides is 3. The van der Waals surface area contributed by atoms with Crippen LogP contribution < -0.4 is 4.74 Å². The van der Waals surface area contributed by atoms with Gasteiger partial charge < -0.3 is 9.72 Å². The third-order valence-corrected chi connectivity index (χ3v) is 2.86. The number of rotatable bonds is 2. The van der Waals surface area contributed by atoms with Gasteiger partial charge in [-0.15, -0.1) is 13.2 Å². The quantitative estimate of drug-likeness (QED) is 0.765. The van der Waals surface area contributed by atoms with Crippen LogP contribution in [0.25, 0.3) is 22.2 Å². The van der Waals surface area contributed by atoms with E-state index in [1.165, 1.54) is 12.1 Å². The van der Waals surface area contributed by atoms with Crippen LogP contribution in [0.4, 0.5) is 13.2 Å². The molecule has 20 heavy (non-hydrogen) atoms. The fourth-order valence-corrected chi connectivity index (χ4v) is 2.05. The van der Waals surface area contributed by atoms with Gasteiger partial charge in [0.25, 0.3) is 0 Å². The number of ether oxygens (including phenoxy) is 1. The first-order valence-electron chi connectivity index (χ1n) is 5.81. The largest absolute Gasteiger partial charge is 0.573 e. The summed E-state index contributed by atoms with van der Waals surface area (Å²) < 4.78 is 40.1. The van der Waals surface area contributed by atoms with Crippen molar-refractivity contribution < 1.29 is 17.9 Å². The van der Waals surface area contributed by atoms with Gasteiger partial charge in [0.15, 0.2) is 0 Å². The minimum atomic E-state index is -4.67. The Balaban J connectivity index is 1.97. The lowest BCUT2D eigenvalue weighted by atomic mass is 10.0. The molecule has 2 heterocycles.